The van der Waals surface area contributed by atoms with Crippen molar-refractivity contribution in [3.05, 3.63) is 47.7 Å². The molecule has 3 aromatic rings. The molecule has 0 amide bonds. The minimum Gasteiger partial charge on any atom is -0.462 e. The number of tetrazole rings is 1. The highest BCUT2D eigenvalue weighted by molar-refractivity contribution is 5.91. The predicted molar refractivity (Wildman–Crippen MR) is 94.7 cm³/mol. The van der Waals surface area contributed by atoms with E-state index < -0.39 is 0 Å². The van der Waals surface area contributed by atoms with Crippen molar-refractivity contribution in [3.63, 3.8) is 0 Å². The number of carbonyl (C=O) groups is 1. The fourth-order valence-corrected chi connectivity index (χ4v) is 2.07. The summed E-state index contributed by atoms with van der Waals surface area (Å²) in [6, 6.07) is 10.7. The van der Waals surface area contributed by atoms with E-state index in [9.17, 15) is 4.79 Å². The molecule has 0 saturated carbocycles. The molecular weight excluding hydrogens is 336 g/mol. The van der Waals surface area contributed by atoms with Gasteiger partial charge in [0.1, 0.15) is 11.5 Å². The minimum absolute atomic E-state index is 0.251. The number of hydrogen-bond donors (Lipinski definition) is 2. The van der Waals surface area contributed by atoms with Crippen molar-refractivity contribution in [2.45, 2.75) is 13.8 Å². The number of nitrogens with zero attached hydrogens (tertiary/aromatic N) is 4. The Morgan fingerprint density at radius 1 is 1.38 bits per heavy atom. The van der Waals surface area contributed by atoms with Gasteiger partial charge in [0.05, 0.1) is 18.4 Å². The van der Waals surface area contributed by atoms with Gasteiger partial charge < -0.3 is 9.15 Å². The maximum atomic E-state index is 12.1. The van der Waals surface area contributed by atoms with Gasteiger partial charge in [-0.2, -0.15) is 10.3 Å². The SMILES string of the molecule is CC(C)COC(=O)c1cccc(-c2ccc(/C=N\Nc3nn[nH]n3)o2)c1. The Morgan fingerprint density at radius 3 is 3.04 bits per heavy atom. The molecule has 26 heavy (non-hydrogen) atoms. The van der Waals surface area contributed by atoms with Gasteiger partial charge in [-0.25, -0.2) is 10.2 Å². The molecule has 0 radical (unpaired) electrons. The van der Waals surface area contributed by atoms with Gasteiger partial charge in [0.25, 0.3) is 5.95 Å². The molecule has 1 aromatic carbocycles. The van der Waals surface area contributed by atoms with Crippen molar-refractivity contribution in [2.24, 2.45) is 11.0 Å². The summed E-state index contributed by atoms with van der Waals surface area (Å²) >= 11 is 0. The van der Waals surface area contributed by atoms with Crippen molar-refractivity contribution in [1.29, 1.82) is 0 Å². The summed E-state index contributed by atoms with van der Waals surface area (Å²) in [6.07, 6.45) is 1.49. The van der Waals surface area contributed by atoms with E-state index in [-0.39, 0.29) is 17.8 Å². The van der Waals surface area contributed by atoms with Crippen LogP contribution in [0.25, 0.3) is 11.3 Å². The molecule has 2 aromatic heterocycles. The standard InChI is InChI=1S/C17H18N6O3/c1-11(2)10-25-16(24)13-5-3-4-12(8-13)15-7-6-14(26-15)9-18-19-17-20-22-23-21-17/h3-9,11H,10H2,1-2H3,(H2,19,20,21,22,23)/b18-9-. The van der Waals surface area contributed by atoms with Crippen molar-refractivity contribution >= 4 is 18.1 Å². The highest BCUT2D eigenvalue weighted by Crippen LogP contribution is 2.23. The number of hydrogen-bond acceptors (Lipinski definition) is 8. The number of ether oxygens (including phenoxy) is 1. The highest BCUT2D eigenvalue weighted by Gasteiger charge is 2.11. The van der Waals surface area contributed by atoms with E-state index in [1.807, 2.05) is 19.9 Å². The van der Waals surface area contributed by atoms with Crippen LogP contribution in [0.5, 0.6) is 0 Å². The molecule has 0 saturated heterocycles. The third-order valence-electron chi connectivity index (χ3n) is 3.26. The van der Waals surface area contributed by atoms with Crippen LogP contribution in [0.1, 0.15) is 30.0 Å². The Labute approximate surface area is 149 Å². The zero-order valence-electron chi connectivity index (χ0n) is 14.3. The number of carbonyl (C=O) groups excluding carboxylic acids is 1. The minimum atomic E-state index is -0.349. The van der Waals surface area contributed by atoms with Gasteiger partial charge in [0.15, 0.2) is 0 Å². The molecule has 0 aliphatic carbocycles. The summed E-state index contributed by atoms with van der Waals surface area (Å²) in [5.41, 5.74) is 3.85. The van der Waals surface area contributed by atoms with Gasteiger partial charge in [-0.3, -0.25) is 0 Å². The number of esters is 1. The first-order valence-electron chi connectivity index (χ1n) is 8.02. The van der Waals surface area contributed by atoms with Gasteiger partial charge in [-0.15, -0.1) is 5.10 Å². The lowest BCUT2D eigenvalue weighted by atomic mass is 10.1. The van der Waals surface area contributed by atoms with Crippen LogP contribution in [0, 0.1) is 5.92 Å². The lowest BCUT2D eigenvalue weighted by Gasteiger charge is -2.07. The Hall–Kier alpha value is -3.49. The molecule has 2 heterocycles. The van der Waals surface area contributed by atoms with Crippen LogP contribution in [0.2, 0.25) is 0 Å². The first-order valence-corrected chi connectivity index (χ1v) is 8.02. The number of furan rings is 1. The molecule has 0 spiro atoms. The van der Waals surface area contributed by atoms with E-state index in [1.165, 1.54) is 6.21 Å². The van der Waals surface area contributed by atoms with Crippen LogP contribution in [0.4, 0.5) is 5.95 Å². The average Bonchev–Trinajstić information content (AvgIpc) is 3.32. The molecule has 134 valence electrons. The maximum absolute atomic E-state index is 12.1. The topological polar surface area (TPSA) is 118 Å². The zero-order chi connectivity index (χ0) is 18.4. The molecule has 9 nitrogen and oxygen atoms in total. The molecule has 0 aliphatic heterocycles. The zero-order valence-corrected chi connectivity index (χ0v) is 14.3. The van der Waals surface area contributed by atoms with Crippen LogP contribution in [-0.4, -0.2) is 39.4 Å². The Morgan fingerprint density at radius 2 is 2.27 bits per heavy atom. The van der Waals surface area contributed by atoms with Crippen LogP contribution in [0.3, 0.4) is 0 Å². The lowest BCUT2D eigenvalue weighted by Crippen LogP contribution is -2.10. The van der Waals surface area contributed by atoms with E-state index in [4.69, 9.17) is 9.15 Å². The maximum Gasteiger partial charge on any atom is 0.338 e. The van der Waals surface area contributed by atoms with E-state index in [0.717, 1.165) is 5.56 Å². The largest absolute Gasteiger partial charge is 0.462 e. The molecule has 0 fully saturated rings. The van der Waals surface area contributed by atoms with Gasteiger partial charge >= 0.3 is 5.97 Å². The molecule has 3 rings (SSSR count). The number of aromatic amines is 1. The highest BCUT2D eigenvalue weighted by atomic mass is 16.5. The summed E-state index contributed by atoms with van der Waals surface area (Å²) < 4.78 is 11.0. The number of rotatable bonds is 7. The Bertz CT molecular complexity index is 886. The average molecular weight is 354 g/mol. The Kier molecular flexibility index (Phi) is 5.37. The van der Waals surface area contributed by atoms with Crippen LogP contribution < -0.4 is 5.43 Å². The van der Waals surface area contributed by atoms with Crippen molar-refractivity contribution < 1.29 is 13.9 Å². The van der Waals surface area contributed by atoms with Crippen LogP contribution in [0.15, 0.2) is 45.9 Å². The van der Waals surface area contributed by atoms with Gasteiger partial charge in [0.2, 0.25) is 0 Å². The number of hydrazone groups is 1. The first-order chi connectivity index (χ1) is 12.6. The van der Waals surface area contributed by atoms with E-state index in [1.54, 1.807) is 30.3 Å². The van der Waals surface area contributed by atoms with E-state index >= 15 is 0 Å². The van der Waals surface area contributed by atoms with E-state index in [0.29, 0.717) is 23.7 Å². The van der Waals surface area contributed by atoms with Crippen molar-refractivity contribution in [2.75, 3.05) is 12.0 Å². The number of anilines is 1. The fraction of sp³-hybridized carbons (Fsp3) is 0.235. The number of benzene rings is 1. The van der Waals surface area contributed by atoms with Crippen molar-refractivity contribution in [1.82, 2.24) is 20.6 Å². The smallest absolute Gasteiger partial charge is 0.338 e. The molecule has 0 bridgehead atoms. The molecule has 9 heteroatoms. The lowest BCUT2D eigenvalue weighted by molar-refractivity contribution is 0.0459. The summed E-state index contributed by atoms with van der Waals surface area (Å²) in [5, 5.41) is 17.1. The number of aromatic nitrogens is 4. The number of H-pyrrole nitrogens is 1. The molecule has 2 N–H and O–H groups in total. The molecule has 0 aliphatic rings. The third kappa shape index (κ3) is 4.53. The second-order valence-corrected chi connectivity index (χ2v) is 5.88. The molecule has 0 unspecified atom stereocenters. The summed E-state index contributed by atoms with van der Waals surface area (Å²) in [4.78, 5) is 12.1. The van der Waals surface area contributed by atoms with Crippen LogP contribution >= 0.6 is 0 Å². The quantitative estimate of drug-likeness (QED) is 0.380. The second kappa shape index (κ2) is 8.06. The number of nitrogens with one attached hydrogen (secondary N) is 2. The van der Waals surface area contributed by atoms with E-state index in [2.05, 4.69) is 31.2 Å². The summed E-state index contributed by atoms with van der Waals surface area (Å²) in [5.74, 6) is 1.34. The van der Waals surface area contributed by atoms with Crippen molar-refractivity contribution in [3.8, 4) is 11.3 Å². The van der Waals surface area contributed by atoms with Gasteiger partial charge in [-0.05, 0) is 35.4 Å². The fourth-order valence-electron chi connectivity index (χ4n) is 2.07. The van der Waals surface area contributed by atoms with Gasteiger partial charge in [-0.1, -0.05) is 31.1 Å². The molecule has 0 atom stereocenters. The third-order valence-corrected chi connectivity index (χ3v) is 3.26. The molecular formula is C17H18N6O3. The first kappa shape index (κ1) is 17.3. The Balaban J connectivity index is 1.67. The monoisotopic (exact) mass is 354 g/mol. The normalized spacial score (nSPS) is 11.2. The van der Waals surface area contributed by atoms with Gasteiger partial charge in [0, 0.05) is 5.56 Å². The summed E-state index contributed by atoms with van der Waals surface area (Å²) in [7, 11) is 0. The summed E-state index contributed by atoms with van der Waals surface area (Å²) in [6.45, 7) is 4.37. The predicted octanol–water partition coefficient (Wildman–Crippen LogP) is 2.72. The second-order valence-electron chi connectivity index (χ2n) is 5.88. The van der Waals surface area contributed by atoms with Crippen LogP contribution in [-0.2, 0) is 4.74 Å².